The predicted octanol–water partition coefficient (Wildman–Crippen LogP) is 8.12. The van der Waals surface area contributed by atoms with Gasteiger partial charge in [0, 0.05) is 0 Å². The molecule has 0 aliphatic carbocycles. The zero-order chi connectivity index (χ0) is 27.5. The SMILES string of the molecule is CCCOC(C)Oc1ccc(C(CC)CC(CC(C)c2ccc(O)cc2)c2ccc(OC(C)O)cc2)cc1. The summed E-state index contributed by atoms with van der Waals surface area (Å²) < 4.78 is 17.0. The quantitative estimate of drug-likeness (QED) is 0.198. The first-order valence-electron chi connectivity index (χ1n) is 13.9. The number of hydrogen-bond donors (Lipinski definition) is 2. The number of hydrogen-bond acceptors (Lipinski definition) is 5. The van der Waals surface area contributed by atoms with E-state index < -0.39 is 6.29 Å². The summed E-state index contributed by atoms with van der Waals surface area (Å²) in [6.45, 7) is 10.8. The first kappa shape index (κ1) is 29.5. The molecule has 5 unspecified atom stereocenters. The molecule has 5 atom stereocenters. The van der Waals surface area contributed by atoms with Gasteiger partial charge in [-0.25, -0.2) is 0 Å². The van der Waals surface area contributed by atoms with Gasteiger partial charge in [0.2, 0.25) is 0 Å². The van der Waals surface area contributed by atoms with Crippen LogP contribution in [0.15, 0.2) is 72.8 Å². The van der Waals surface area contributed by atoms with Gasteiger partial charge in [-0.1, -0.05) is 57.2 Å². The maximum absolute atomic E-state index is 9.72. The fraction of sp³-hybridized carbons (Fsp3) is 0.455. The zero-order valence-electron chi connectivity index (χ0n) is 23.5. The first-order chi connectivity index (χ1) is 18.3. The van der Waals surface area contributed by atoms with Gasteiger partial charge in [0.1, 0.15) is 17.2 Å². The molecule has 0 saturated carbocycles. The Morgan fingerprint density at radius 2 is 1.18 bits per heavy atom. The van der Waals surface area contributed by atoms with E-state index in [0.29, 0.717) is 30.1 Å². The van der Waals surface area contributed by atoms with Gasteiger partial charge in [0.25, 0.3) is 0 Å². The first-order valence-corrected chi connectivity index (χ1v) is 13.9. The lowest BCUT2D eigenvalue weighted by atomic mass is 9.78. The smallest absolute Gasteiger partial charge is 0.196 e. The Bertz CT molecular complexity index is 1060. The normalized spacial score (nSPS) is 15.3. The second kappa shape index (κ2) is 14.8. The Morgan fingerprint density at radius 1 is 0.658 bits per heavy atom. The number of aliphatic hydroxyl groups is 1. The molecular weight excluding hydrogens is 476 g/mol. The minimum Gasteiger partial charge on any atom is -0.508 e. The van der Waals surface area contributed by atoms with Crippen LogP contribution in [0.1, 0.15) is 94.7 Å². The van der Waals surface area contributed by atoms with Crippen molar-refractivity contribution in [3.05, 3.63) is 89.5 Å². The van der Waals surface area contributed by atoms with E-state index >= 15 is 0 Å². The largest absolute Gasteiger partial charge is 0.508 e. The van der Waals surface area contributed by atoms with Crippen molar-refractivity contribution in [1.82, 2.24) is 0 Å². The molecule has 5 nitrogen and oxygen atoms in total. The molecule has 0 aliphatic heterocycles. The van der Waals surface area contributed by atoms with Crippen LogP contribution < -0.4 is 9.47 Å². The highest BCUT2D eigenvalue weighted by atomic mass is 16.7. The lowest BCUT2D eigenvalue weighted by Crippen LogP contribution is -2.16. The van der Waals surface area contributed by atoms with Crippen molar-refractivity contribution in [1.29, 1.82) is 0 Å². The van der Waals surface area contributed by atoms with E-state index in [9.17, 15) is 10.2 Å². The maximum Gasteiger partial charge on any atom is 0.196 e. The Kier molecular flexibility index (Phi) is 11.5. The van der Waals surface area contributed by atoms with Crippen LogP contribution in [0.3, 0.4) is 0 Å². The summed E-state index contributed by atoms with van der Waals surface area (Å²) >= 11 is 0. The second-order valence-electron chi connectivity index (χ2n) is 10.2. The standard InChI is InChI=1S/C33H44O5/c1-6-20-36-25(5)38-33-18-10-28(11-19-33)26(7-2)22-30(21-23(3)27-8-14-31(35)15-9-27)29-12-16-32(17-13-29)37-24(4)34/h8-19,23-26,30,34-35H,6-7,20-22H2,1-5H3. The van der Waals surface area contributed by atoms with Crippen molar-refractivity contribution in [2.24, 2.45) is 0 Å². The number of aromatic hydroxyl groups is 1. The average molecular weight is 521 g/mol. The van der Waals surface area contributed by atoms with E-state index in [1.165, 1.54) is 16.7 Å². The van der Waals surface area contributed by atoms with E-state index in [4.69, 9.17) is 14.2 Å². The van der Waals surface area contributed by atoms with E-state index in [-0.39, 0.29) is 12.0 Å². The Balaban J connectivity index is 1.78. The van der Waals surface area contributed by atoms with Gasteiger partial charge in [-0.3, -0.25) is 0 Å². The van der Waals surface area contributed by atoms with Crippen molar-refractivity contribution >= 4 is 0 Å². The molecule has 0 fully saturated rings. The summed E-state index contributed by atoms with van der Waals surface area (Å²) in [6.07, 6.45) is 2.87. The molecule has 3 aromatic carbocycles. The molecule has 0 heterocycles. The highest BCUT2D eigenvalue weighted by molar-refractivity contribution is 5.33. The molecule has 0 bridgehead atoms. The summed E-state index contributed by atoms with van der Waals surface area (Å²) in [6, 6.07) is 24.1. The van der Waals surface area contributed by atoms with Crippen molar-refractivity contribution in [2.75, 3.05) is 6.61 Å². The van der Waals surface area contributed by atoms with E-state index in [1.54, 1.807) is 19.1 Å². The van der Waals surface area contributed by atoms with E-state index in [2.05, 4.69) is 45.0 Å². The molecule has 5 heteroatoms. The molecule has 0 aromatic heterocycles. The highest BCUT2D eigenvalue weighted by Crippen LogP contribution is 2.39. The van der Waals surface area contributed by atoms with Gasteiger partial charge in [-0.15, -0.1) is 0 Å². The third-order valence-corrected chi connectivity index (χ3v) is 7.03. The van der Waals surface area contributed by atoms with Gasteiger partial charge < -0.3 is 24.4 Å². The summed E-state index contributed by atoms with van der Waals surface area (Å²) in [5.41, 5.74) is 3.78. The van der Waals surface area contributed by atoms with Gasteiger partial charge >= 0.3 is 0 Å². The molecule has 0 amide bonds. The van der Waals surface area contributed by atoms with Gasteiger partial charge in [0.05, 0.1) is 6.61 Å². The second-order valence-corrected chi connectivity index (χ2v) is 10.2. The fourth-order valence-corrected chi connectivity index (χ4v) is 4.96. The van der Waals surface area contributed by atoms with Crippen molar-refractivity contribution in [3.8, 4) is 17.2 Å². The summed E-state index contributed by atoms with van der Waals surface area (Å²) in [5.74, 6) is 2.81. The molecule has 38 heavy (non-hydrogen) atoms. The predicted molar refractivity (Wildman–Crippen MR) is 153 cm³/mol. The lowest BCUT2D eigenvalue weighted by molar-refractivity contribution is -0.0663. The molecule has 0 aliphatic rings. The minimum absolute atomic E-state index is 0.269. The highest BCUT2D eigenvalue weighted by Gasteiger charge is 2.22. The molecule has 0 saturated heterocycles. The van der Waals surface area contributed by atoms with Crippen LogP contribution in [0, 0.1) is 0 Å². The summed E-state index contributed by atoms with van der Waals surface area (Å²) in [4.78, 5) is 0. The van der Waals surface area contributed by atoms with Crippen LogP contribution in [-0.4, -0.2) is 29.4 Å². The van der Waals surface area contributed by atoms with Crippen LogP contribution >= 0.6 is 0 Å². The summed E-state index contributed by atoms with van der Waals surface area (Å²) in [7, 11) is 0. The zero-order valence-corrected chi connectivity index (χ0v) is 23.5. The van der Waals surface area contributed by atoms with Crippen LogP contribution in [0.25, 0.3) is 0 Å². The molecule has 2 N–H and O–H groups in total. The van der Waals surface area contributed by atoms with Gasteiger partial charge in [-0.2, -0.15) is 0 Å². The number of phenolic OH excluding ortho intramolecular Hbond substituents is 1. The lowest BCUT2D eigenvalue weighted by Gasteiger charge is -2.27. The fourth-order valence-electron chi connectivity index (χ4n) is 4.96. The maximum atomic E-state index is 9.72. The van der Waals surface area contributed by atoms with Crippen LogP contribution in [0.5, 0.6) is 17.2 Å². The third-order valence-electron chi connectivity index (χ3n) is 7.03. The minimum atomic E-state index is -0.844. The van der Waals surface area contributed by atoms with Gasteiger partial charge in [0.15, 0.2) is 12.6 Å². The molecular formula is C33H44O5. The third kappa shape index (κ3) is 9.07. The molecule has 206 valence electrons. The van der Waals surface area contributed by atoms with Crippen molar-refractivity contribution in [3.63, 3.8) is 0 Å². The molecule has 3 aromatic rings. The summed E-state index contributed by atoms with van der Waals surface area (Å²) in [5, 5.41) is 19.3. The number of phenols is 1. The van der Waals surface area contributed by atoms with Crippen LogP contribution in [-0.2, 0) is 4.74 Å². The number of ether oxygens (including phenoxy) is 3. The van der Waals surface area contributed by atoms with E-state index in [0.717, 1.165) is 31.4 Å². The molecule has 3 rings (SSSR count). The monoisotopic (exact) mass is 520 g/mol. The topological polar surface area (TPSA) is 68.2 Å². The van der Waals surface area contributed by atoms with Crippen molar-refractivity contribution in [2.45, 2.75) is 90.6 Å². The number of aliphatic hydroxyl groups excluding tert-OH is 1. The Labute approximate surface area is 228 Å². The van der Waals surface area contributed by atoms with E-state index in [1.807, 2.05) is 43.3 Å². The van der Waals surface area contributed by atoms with Crippen LogP contribution in [0.2, 0.25) is 0 Å². The average Bonchev–Trinajstić information content (AvgIpc) is 2.91. The van der Waals surface area contributed by atoms with Gasteiger partial charge in [-0.05, 0) is 110 Å². The van der Waals surface area contributed by atoms with Crippen LogP contribution in [0.4, 0.5) is 0 Å². The number of rotatable bonds is 15. The Hall–Kier alpha value is -3.02. The Morgan fingerprint density at radius 3 is 1.71 bits per heavy atom. The van der Waals surface area contributed by atoms with Crippen molar-refractivity contribution < 1.29 is 24.4 Å². The number of benzene rings is 3. The molecule has 0 radical (unpaired) electrons. The molecule has 0 spiro atoms.